The van der Waals surface area contributed by atoms with Crippen LogP contribution < -0.4 is 0 Å². The van der Waals surface area contributed by atoms with Gasteiger partial charge in [-0.25, -0.2) is 4.79 Å². The maximum Gasteiger partial charge on any atom is 0.330 e. The summed E-state index contributed by atoms with van der Waals surface area (Å²) in [6, 6.07) is 0. The second kappa shape index (κ2) is 10.5. The van der Waals surface area contributed by atoms with E-state index in [1.165, 1.54) is 6.92 Å². The Morgan fingerprint density at radius 2 is 1.58 bits per heavy atom. The van der Waals surface area contributed by atoms with E-state index in [0.29, 0.717) is 0 Å². The van der Waals surface area contributed by atoms with Gasteiger partial charge in [0.05, 0.1) is 0 Å². The molecule has 0 rings (SSSR count). The Kier molecular flexibility index (Phi) is 15.3. The van der Waals surface area contributed by atoms with Gasteiger partial charge in [-0.1, -0.05) is 6.58 Å². The van der Waals surface area contributed by atoms with Crippen LogP contribution in [0.3, 0.4) is 0 Å². The van der Waals surface area contributed by atoms with Gasteiger partial charge in [-0.05, 0) is 6.92 Å². The first-order valence-corrected chi connectivity index (χ1v) is 3.11. The second-order valence-electron chi connectivity index (χ2n) is 1.61. The van der Waals surface area contributed by atoms with Crippen LogP contribution >= 0.6 is 11.6 Å². The number of rotatable bonds is 2. The molecule has 0 fully saturated rings. The fraction of sp³-hybridized carbons (Fsp3) is 0.333. The van der Waals surface area contributed by atoms with Crippen LogP contribution in [-0.4, -0.2) is 28.0 Å². The fourth-order valence-corrected chi connectivity index (χ4v) is 0. The summed E-state index contributed by atoms with van der Waals surface area (Å²) >= 11 is 4.74. The molecule has 0 aliphatic carbocycles. The van der Waals surface area contributed by atoms with Crippen LogP contribution in [0, 0.1) is 0 Å². The minimum absolute atomic E-state index is 0. The minimum Gasteiger partial charge on any atom is -0.480 e. The minimum atomic E-state index is -0.980. The largest absolute Gasteiger partial charge is 0.480 e. The van der Waals surface area contributed by atoms with Crippen molar-refractivity contribution in [3.63, 3.8) is 0 Å². The van der Waals surface area contributed by atoms with Crippen molar-refractivity contribution in [2.75, 3.05) is 5.88 Å². The summed E-state index contributed by atoms with van der Waals surface area (Å²) in [6.07, 6.45) is 0. The molecular weight excluding hydrogens is 235 g/mol. The number of alkyl halides is 1. The summed E-state index contributed by atoms with van der Waals surface area (Å²) in [5.41, 5.74) is 0.176. The summed E-state index contributed by atoms with van der Waals surface area (Å²) in [5, 5.41) is 15.5. The van der Waals surface area contributed by atoms with Gasteiger partial charge in [0, 0.05) is 22.6 Å². The van der Waals surface area contributed by atoms with Gasteiger partial charge in [-0.15, -0.1) is 11.6 Å². The van der Waals surface area contributed by atoms with Crippen molar-refractivity contribution in [2.45, 2.75) is 6.92 Å². The molecule has 6 heteroatoms. The summed E-state index contributed by atoms with van der Waals surface area (Å²) < 4.78 is 0. The molecule has 0 spiro atoms. The zero-order valence-electron chi connectivity index (χ0n) is 6.30. The molecule has 0 saturated heterocycles. The molecule has 0 aromatic heterocycles. The molecule has 0 atom stereocenters. The average molecular weight is 244 g/mol. The Labute approximate surface area is 85.7 Å². The topological polar surface area (TPSA) is 74.6 Å². The first-order valence-electron chi connectivity index (χ1n) is 2.58. The molecule has 0 aromatic carbocycles. The van der Waals surface area contributed by atoms with Gasteiger partial charge in [0.2, 0.25) is 0 Å². The van der Waals surface area contributed by atoms with Gasteiger partial charge >= 0.3 is 11.9 Å². The molecule has 75 valence electrons. The molecule has 0 aromatic rings. The van der Waals surface area contributed by atoms with Crippen molar-refractivity contribution < 1.29 is 36.9 Å². The van der Waals surface area contributed by atoms with Gasteiger partial charge in [-0.3, -0.25) is 4.79 Å². The van der Waals surface area contributed by atoms with Crippen LogP contribution in [-0.2, 0) is 26.7 Å². The summed E-state index contributed by atoms with van der Waals surface area (Å²) in [4.78, 5) is 18.8. The van der Waals surface area contributed by atoms with Gasteiger partial charge in [0.25, 0.3) is 0 Å². The van der Waals surface area contributed by atoms with E-state index in [1.807, 2.05) is 0 Å². The van der Waals surface area contributed by atoms with Crippen LogP contribution in [0.5, 0.6) is 0 Å². The molecule has 2 N–H and O–H groups in total. The second-order valence-corrected chi connectivity index (χ2v) is 1.88. The third-order valence-corrected chi connectivity index (χ3v) is 0.708. The summed E-state index contributed by atoms with van der Waals surface area (Å²) in [5.74, 6) is -2.22. The molecular formula is C6H9ClCuO4. The Morgan fingerprint density at radius 1 is 1.42 bits per heavy atom. The molecule has 0 amide bonds. The van der Waals surface area contributed by atoms with Crippen molar-refractivity contribution in [1.29, 1.82) is 0 Å². The van der Waals surface area contributed by atoms with Gasteiger partial charge in [0.1, 0.15) is 5.88 Å². The molecule has 0 aliphatic heterocycles. The number of carboxylic acids is 2. The Bertz CT molecular complexity index is 157. The first kappa shape index (κ1) is 17.5. The van der Waals surface area contributed by atoms with Gasteiger partial charge in [0.15, 0.2) is 0 Å². The number of carbonyl (C=O) groups is 2. The van der Waals surface area contributed by atoms with E-state index in [2.05, 4.69) is 6.58 Å². The normalized spacial score (nSPS) is 6.83. The zero-order valence-corrected chi connectivity index (χ0v) is 8.00. The van der Waals surface area contributed by atoms with Crippen LogP contribution in [0.1, 0.15) is 6.92 Å². The van der Waals surface area contributed by atoms with E-state index in [0.717, 1.165) is 0 Å². The number of halogens is 1. The van der Waals surface area contributed by atoms with Crippen LogP contribution in [0.25, 0.3) is 0 Å². The van der Waals surface area contributed by atoms with Crippen molar-refractivity contribution in [3.05, 3.63) is 12.2 Å². The van der Waals surface area contributed by atoms with Crippen LogP contribution in [0.15, 0.2) is 12.2 Å². The molecule has 0 saturated carbocycles. The Balaban J connectivity index is -0.000000126. The van der Waals surface area contributed by atoms with Crippen molar-refractivity contribution in [3.8, 4) is 0 Å². The first-order chi connectivity index (χ1) is 4.91. The van der Waals surface area contributed by atoms with E-state index in [4.69, 9.17) is 21.8 Å². The van der Waals surface area contributed by atoms with E-state index in [-0.39, 0.29) is 28.5 Å². The smallest absolute Gasteiger partial charge is 0.330 e. The van der Waals surface area contributed by atoms with E-state index < -0.39 is 11.9 Å². The fourth-order valence-electron chi connectivity index (χ4n) is 0. The van der Waals surface area contributed by atoms with Crippen molar-refractivity contribution in [2.24, 2.45) is 0 Å². The molecule has 0 unspecified atom stereocenters. The monoisotopic (exact) mass is 243 g/mol. The van der Waals surface area contributed by atoms with Crippen LogP contribution in [0.2, 0.25) is 0 Å². The SMILES string of the molecule is C=C(C)C(=O)O.O=C(O)CCl.[Cu]. The quantitative estimate of drug-likeness (QED) is 0.431. The zero-order chi connectivity index (χ0) is 9.44. The maximum atomic E-state index is 9.60. The molecule has 1 radical (unpaired) electrons. The predicted octanol–water partition coefficient (Wildman–Crippen LogP) is 0.954. The third kappa shape index (κ3) is 22.7. The van der Waals surface area contributed by atoms with Gasteiger partial charge < -0.3 is 10.2 Å². The Morgan fingerprint density at radius 3 is 1.58 bits per heavy atom. The van der Waals surface area contributed by atoms with Crippen LogP contribution in [0.4, 0.5) is 0 Å². The summed E-state index contributed by atoms with van der Waals surface area (Å²) in [6.45, 7) is 4.60. The predicted molar refractivity (Wildman–Crippen MR) is 40.8 cm³/mol. The molecule has 0 heterocycles. The molecule has 0 bridgehead atoms. The van der Waals surface area contributed by atoms with Crippen molar-refractivity contribution in [1.82, 2.24) is 0 Å². The number of aliphatic carboxylic acids is 2. The summed E-state index contributed by atoms with van der Waals surface area (Å²) in [7, 11) is 0. The molecule has 0 aliphatic rings. The number of carboxylic acid groups (broad SMARTS) is 2. The number of hydrogen-bond acceptors (Lipinski definition) is 2. The maximum absolute atomic E-state index is 9.60. The number of hydrogen-bond donors (Lipinski definition) is 2. The molecule has 4 nitrogen and oxygen atoms in total. The standard InChI is InChI=1S/C4H6O2.C2H3ClO2.Cu/c1-3(2)4(5)6;3-1-2(4)5;/h1H2,2H3,(H,5,6);1H2,(H,4,5);. The van der Waals surface area contributed by atoms with E-state index in [1.54, 1.807) is 0 Å². The van der Waals surface area contributed by atoms with E-state index >= 15 is 0 Å². The average Bonchev–Trinajstić information content (AvgIpc) is 1.89. The third-order valence-electron chi connectivity index (χ3n) is 0.479. The van der Waals surface area contributed by atoms with Crippen molar-refractivity contribution >= 4 is 23.5 Å². The Hall–Kier alpha value is -0.511. The van der Waals surface area contributed by atoms with Gasteiger partial charge in [-0.2, -0.15) is 0 Å². The molecule has 12 heavy (non-hydrogen) atoms. The van der Waals surface area contributed by atoms with E-state index in [9.17, 15) is 9.59 Å².